The Morgan fingerprint density at radius 1 is 1.93 bits per heavy atom. The summed E-state index contributed by atoms with van der Waals surface area (Å²) in [6.07, 6.45) is 3.24. The summed E-state index contributed by atoms with van der Waals surface area (Å²) in [4.78, 5) is 9.16. The lowest BCUT2D eigenvalue weighted by molar-refractivity contribution is -0.514. The lowest BCUT2D eigenvalue weighted by Gasteiger charge is -2.12. The molecule has 14 heavy (non-hydrogen) atoms. The third kappa shape index (κ3) is 2.42. The quantitative estimate of drug-likeness (QED) is 0.317. The Bertz CT molecular complexity index is 307. The first-order chi connectivity index (χ1) is 6.57. The van der Waals surface area contributed by atoms with E-state index in [1.54, 1.807) is 11.5 Å². The Balaban J connectivity index is 2.66. The number of nitrogens with one attached hydrogen (secondary N) is 1. The Kier molecular flexibility index (Phi) is 3.42. The second-order valence-corrected chi connectivity index (χ2v) is 4.18. The van der Waals surface area contributed by atoms with Gasteiger partial charge in [0.05, 0.1) is 6.42 Å². The van der Waals surface area contributed by atoms with E-state index in [4.69, 9.17) is 5.73 Å². The van der Waals surface area contributed by atoms with Crippen molar-refractivity contribution in [3.63, 3.8) is 0 Å². The fraction of sp³-hybridized carbons (Fsp3) is 0.333. The van der Waals surface area contributed by atoms with Crippen molar-refractivity contribution in [3.8, 4) is 0 Å². The second-order valence-electron chi connectivity index (χ2n) is 2.53. The van der Waals surface area contributed by atoms with Gasteiger partial charge in [0.1, 0.15) is 6.21 Å². The summed E-state index contributed by atoms with van der Waals surface area (Å²) in [5, 5.41) is 16.0. The summed E-state index contributed by atoms with van der Waals surface area (Å²) in [5.74, 6) is 0. The average Bonchev–Trinajstić information content (AvgIpc) is 2.53. The third-order valence-electron chi connectivity index (χ3n) is 1.53. The van der Waals surface area contributed by atoms with Crippen LogP contribution in [0.5, 0.6) is 0 Å². The highest BCUT2D eigenvalue weighted by Gasteiger charge is 2.43. The molecule has 0 spiro atoms. The maximum Gasteiger partial charge on any atom is 0.311 e. The van der Waals surface area contributed by atoms with Crippen LogP contribution in [-0.4, -0.2) is 21.1 Å². The van der Waals surface area contributed by atoms with Crippen LogP contribution >= 0.6 is 24.0 Å². The van der Waals surface area contributed by atoms with Crippen molar-refractivity contribution in [3.05, 3.63) is 21.6 Å². The van der Waals surface area contributed by atoms with Gasteiger partial charge in [-0.25, -0.2) is 0 Å². The fourth-order valence-electron chi connectivity index (χ4n) is 0.876. The molecular weight excluding hydrogens is 224 g/mol. The van der Waals surface area contributed by atoms with Gasteiger partial charge in [-0.05, 0) is 29.4 Å². The lowest BCUT2D eigenvalue weighted by Crippen LogP contribution is -2.35. The number of hydrogen-bond acceptors (Lipinski definition) is 5. The van der Waals surface area contributed by atoms with Crippen LogP contribution in [0.3, 0.4) is 0 Å². The number of nitro groups is 1. The minimum atomic E-state index is -1.21. The molecule has 1 rings (SSSR count). The molecule has 0 aromatic heterocycles. The van der Waals surface area contributed by atoms with Crippen LogP contribution in [-0.2, 0) is 0 Å². The van der Waals surface area contributed by atoms with Crippen LogP contribution in [0.4, 0.5) is 0 Å². The zero-order valence-corrected chi connectivity index (χ0v) is 8.68. The predicted molar refractivity (Wildman–Crippen MR) is 59.5 cm³/mol. The molecule has 1 aliphatic heterocycles. The summed E-state index contributed by atoms with van der Waals surface area (Å²) < 4.78 is 0. The number of rotatable bonds is 3. The van der Waals surface area contributed by atoms with E-state index in [1.165, 1.54) is 6.21 Å². The molecular formula is C6H8N4O2S2. The van der Waals surface area contributed by atoms with Crippen molar-refractivity contribution in [1.82, 2.24) is 5.43 Å². The van der Waals surface area contributed by atoms with Gasteiger partial charge in [0.25, 0.3) is 0 Å². The van der Waals surface area contributed by atoms with Gasteiger partial charge in [-0.15, -0.1) is 0 Å². The molecule has 0 saturated carbocycles. The third-order valence-corrected chi connectivity index (χ3v) is 2.78. The van der Waals surface area contributed by atoms with Gasteiger partial charge < -0.3 is 5.73 Å². The topological polar surface area (TPSA) is 93.5 Å². The molecule has 0 fully saturated rings. The maximum absolute atomic E-state index is 10.8. The highest BCUT2D eigenvalue weighted by Crippen LogP contribution is 2.35. The van der Waals surface area contributed by atoms with Crippen molar-refractivity contribution < 1.29 is 4.92 Å². The average molecular weight is 232 g/mol. The molecule has 0 radical (unpaired) electrons. The Labute approximate surface area is 89.8 Å². The Morgan fingerprint density at radius 2 is 2.64 bits per heavy atom. The van der Waals surface area contributed by atoms with Gasteiger partial charge in [-0.3, -0.25) is 15.5 Å². The number of hydrogen-bond donors (Lipinski definition) is 2. The summed E-state index contributed by atoms with van der Waals surface area (Å²) >= 11 is 5.59. The zero-order chi connectivity index (χ0) is 10.6. The number of nitrogens with two attached hydrogens (primary N) is 1. The molecule has 3 N–H and O–H groups in total. The van der Waals surface area contributed by atoms with Crippen molar-refractivity contribution in [2.75, 3.05) is 0 Å². The summed E-state index contributed by atoms with van der Waals surface area (Å²) in [7, 11) is 0. The van der Waals surface area contributed by atoms with E-state index < -0.39 is 4.87 Å². The summed E-state index contributed by atoms with van der Waals surface area (Å²) in [6, 6.07) is 0. The molecule has 1 unspecified atom stereocenters. The zero-order valence-electron chi connectivity index (χ0n) is 7.04. The van der Waals surface area contributed by atoms with Gasteiger partial charge in [0.2, 0.25) is 0 Å². The molecule has 1 heterocycles. The minimum absolute atomic E-state index is 0.0179. The number of thiocarbonyl (C=S) groups is 1. The first-order valence-corrected chi connectivity index (χ1v) is 4.92. The number of thioether (sulfide) groups is 1. The fourth-order valence-corrected chi connectivity index (χ4v) is 1.75. The van der Waals surface area contributed by atoms with Crippen molar-refractivity contribution in [2.24, 2.45) is 10.8 Å². The molecule has 1 atom stereocenters. The van der Waals surface area contributed by atoms with Crippen LogP contribution in [0.2, 0.25) is 0 Å². The van der Waals surface area contributed by atoms with Crippen molar-refractivity contribution in [1.29, 1.82) is 0 Å². The molecule has 8 heteroatoms. The van der Waals surface area contributed by atoms with Crippen LogP contribution in [0, 0.1) is 10.1 Å². The number of hydrazone groups is 1. The molecule has 0 amide bonds. The highest BCUT2D eigenvalue weighted by molar-refractivity contribution is 8.04. The minimum Gasteiger partial charge on any atom is -0.375 e. The van der Waals surface area contributed by atoms with E-state index in [2.05, 4.69) is 22.7 Å². The molecule has 0 saturated heterocycles. The van der Waals surface area contributed by atoms with E-state index in [0.717, 1.165) is 11.8 Å². The maximum atomic E-state index is 10.8. The van der Waals surface area contributed by atoms with Gasteiger partial charge in [0, 0.05) is 4.92 Å². The van der Waals surface area contributed by atoms with E-state index in [1.807, 2.05) is 0 Å². The second kappa shape index (κ2) is 4.38. The van der Waals surface area contributed by atoms with Crippen LogP contribution in [0.15, 0.2) is 16.6 Å². The molecule has 0 aliphatic carbocycles. The van der Waals surface area contributed by atoms with Crippen LogP contribution in [0.25, 0.3) is 0 Å². The molecule has 0 bridgehead atoms. The normalized spacial score (nSPS) is 25.4. The summed E-state index contributed by atoms with van der Waals surface area (Å²) in [5.41, 5.74) is 7.40. The Morgan fingerprint density at radius 3 is 3.07 bits per heavy atom. The molecule has 0 aromatic carbocycles. The van der Waals surface area contributed by atoms with Crippen molar-refractivity contribution >= 4 is 35.3 Å². The van der Waals surface area contributed by atoms with E-state index in [-0.39, 0.29) is 10.0 Å². The Hall–Kier alpha value is -1.15. The van der Waals surface area contributed by atoms with Gasteiger partial charge >= 0.3 is 4.87 Å². The molecule has 6 nitrogen and oxygen atoms in total. The standard InChI is InChI=1S/C6H8N4O2S2/c7-5(13)9-8-4-6(10(11)12)2-1-3-14-6/h1,3-4H,2H2,(H3,7,9,13). The van der Waals surface area contributed by atoms with Gasteiger partial charge in [0.15, 0.2) is 5.11 Å². The van der Waals surface area contributed by atoms with Crippen molar-refractivity contribution in [2.45, 2.75) is 11.3 Å². The molecule has 0 aromatic rings. The van der Waals surface area contributed by atoms with Crippen LogP contribution in [0.1, 0.15) is 6.42 Å². The largest absolute Gasteiger partial charge is 0.375 e. The lowest BCUT2D eigenvalue weighted by atomic mass is 10.2. The van der Waals surface area contributed by atoms with E-state index in [9.17, 15) is 10.1 Å². The predicted octanol–water partition coefficient (Wildman–Crippen LogP) is 0.429. The number of nitrogens with zero attached hydrogens (tertiary/aromatic N) is 2. The summed E-state index contributed by atoms with van der Waals surface area (Å²) in [6.45, 7) is 0. The first-order valence-electron chi connectivity index (χ1n) is 3.64. The smallest absolute Gasteiger partial charge is 0.311 e. The van der Waals surface area contributed by atoms with Crippen LogP contribution < -0.4 is 11.2 Å². The van der Waals surface area contributed by atoms with Gasteiger partial charge in [-0.2, -0.15) is 5.10 Å². The van der Waals surface area contributed by atoms with Gasteiger partial charge in [-0.1, -0.05) is 6.08 Å². The first kappa shape index (κ1) is 10.9. The monoisotopic (exact) mass is 232 g/mol. The highest BCUT2D eigenvalue weighted by atomic mass is 32.2. The molecule has 76 valence electrons. The molecule has 1 aliphatic rings. The SMILES string of the molecule is NC(=S)NN=CC1([N+](=O)[O-])CC=CS1. The van der Waals surface area contributed by atoms with E-state index >= 15 is 0 Å². The van der Waals surface area contributed by atoms with E-state index in [0.29, 0.717) is 6.42 Å².